The van der Waals surface area contributed by atoms with E-state index in [-0.39, 0.29) is 30.7 Å². The lowest BCUT2D eigenvalue weighted by molar-refractivity contribution is -0.138. The maximum atomic E-state index is 13.7. The number of hydrogen-bond donors (Lipinski definition) is 0. The zero-order valence-corrected chi connectivity index (χ0v) is 17.7. The van der Waals surface area contributed by atoms with Gasteiger partial charge < -0.3 is 19.3 Å². The summed E-state index contributed by atoms with van der Waals surface area (Å²) in [5.74, 6) is 1.56. The molecule has 0 radical (unpaired) electrons. The minimum atomic E-state index is -0.366. The second kappa shape index (κ2) is 8.30. The van der Waals surface area contributed by atoms with E-state index >= 15 is 0 Å². The summed E-state index contributed by atoms with van der Waals surface area (Å²) in [6, 6.07) is 9.49. The number of likely N-dealkylation sites (tertiary alicyclic amines) is 1. The second-order valence-electron chi connectivity index (χ2n) is 8.23. The summed E-state index contributed by atoms with van der Waals surface area (Å²) in [5, 5.41) is 1.91. The van der Waals surface area contributed by atoms with Crippen molar-refractivity contribution in [3.05, 3.63) is 46.2 Å². The average Bonchev–Trinajstić information content (AvgIpc) is 3.58. The second-order valence-corrected chi connectivity index (χ2v) is 9.17. The van der Waals surface area contributed by atoms with Gasteiger partial charge in [0.05, 0.1) is 4.88 Å². The van der Waals surface area contributed by atoms with Crippen LogP contribution in [-0.2, 0) is 11.3 Å². The lowest BCUT2D eigenvalue weighted by Gasteiger charge is -2.34. The molecule has 0 spiro atoms. The first-order valence-electron chi connectivity index (χ1n) is 10.7. The molecule has 1 saturated carbocycles. The van der Waals surface area contributed by atoms with Gasteiger partial charge in [0.15, 0.2) is 11.5 Å². The molecule has 0 unspecified atom stereocenters. The van der Waals surface area contributed by atoms with Gasteiger partial charge in [0.1, 0.15) is 6.04 Å². The molecule has 2 fully saturated rings. The maximum absolute atomic E-state index is 13.7. The Kier molecular flexibility index (Phi) is 5.37. The number of amides is 2. The summed E-state index contributed by atoms with van der Waals surface area (Å²) in [4.78, 5) is 31.2. The predicted molar refractivity (Wildman–Crippen MR) is 114 cm³/mol. The fraction of sp³-hybridized carbons (Fsp3) is 0.478. The van der Waals surface area contributed by atoms with Gasteiger partial charge >= 0.3 is 0 Å². The van der Waals surface area contributed by atoms with E-state index in [2.05, 4.69) is 0 Å². The third kappa shape index (κ3) is 3.67. The van der Waals surface area contributed by atoms with Crippen LogP contribution in [0.2, 0.25) is 0 Å². The van der Waals surface area contributed by atoms with Crippen molar-refractivity contribution in [1.29, 1.82) is 0 Å². The van der Waals surface area contributed by atoms with Gasteiger partial charge in [-0.15, -0.1) is 11.3 Å². The number of hydrogen-bond acceptors (Lipinski definition) is 5. The van der Waals surface area contributed by atoms with Crippen molar-refractivity contribution in [1.82, 2.24) is 9.80 Å². The van der Waals surface area contributed by atoms with E-state index in [0.29, 0.717) is 18.0 Å². The van der Waals surface area contributed by atoms with Crippen molar-refractivity contribution in [2.45, 2.75) is 57.2 Å². The van der Waals surface area contributed by atoms with Crippen molar-refractivity contribution in [3.8, 4) is 11.5 Å². The van der Waals surface area contributed by atoms with Crippen molar-refractivity contribution in [2.75, 3.05) is 13.3 Å². The van der Waals surface area contributed by atoms with Gasteiger partial charge in [-0.3, -0.25) is 9.59 Å². The molecule has 1 aromatic carbocycles. The Morgan fingerprint density at radius 2 is 1.90 bits per heavy atom. The number of carbonyl (C=O) groups excluding carboxylic acids is 2. The predicted octanol–water partition coefficient (Wildman–Crippen LogP) is 4.05. The number of nitrogens with zero attached hydrogens (tertiary/aromatic N) is 2. The number of ether oxygens (including phenoxy) is 2. The van der Waals surface area contributed by atoms with Crippen LogP contribution in [0.4, 0.5) is 0 Å². The van der Waals surface area contributed by atoms with Gasteiger partial charge in [-0.2, -0.15) is 0 Å². The highest BCUT2D eigenvalue weighted by atomic mass is 32.1. The van der Waals surface area contributed by atoms with Crippen LogP contribution < -0.4 is 9.47 Å². The van der Waals surface area contributed by atoms with Crippen molar-refractivity contribution < 1.29 is 19.1 Å². The highest BCUT2D eigenvalue weighted by Crippen LogP contribution is 2.34. The highest BCUT2D eigenvalue weighted by molar-refractivity contribution is 7.12. The minimum absolute atomic E-state index is 0.0182. The molecule has 6 nitrogen and oxygen atoms in total. The van der Waals surface area contributed by atoms with Gasteiger partial charge in [0.25, 0.3) is 5.91 Å². The van der Waals surface area contributed by atoms with Gasteiger partial charge in [0.2, 0.25) is 12.7 Å². The lowest BCUT2D eigenvalue weighted by Crippen LogP contribution is -2.50. The quantitative estimate of drug-likeness (QED) is 0.724. The van der Waals surface area contributed by atoms with E-state index in [1.807, 2.05) is 40.6 Å². The van der Waals surface area contributed by atoms with E-state index in [9.17, 15) is 9.59 Å². The molecular weight excluding hydrogens is 400 g/mol. The maximum Gasteiger partial charge on any atom is 0.264 e. The first kappa shape index (κ1) is 19.4. The summed E-state index contributed by atoms with van der Waals surface area (Å²) in [6.45, 7) is 1.43. The van der Waals surface area contributed by atoms with E-state index in [1.165, 1.54) is 11.3 Å². The Morgan fingerprint density at radius 1 is 1.07 bits per heavy atom. The largest absolute Gasteiger partial charge is 0.454 e. The SMILES string of the molecule is O=C([C@H]1CCCN1C(=O)c1cccs1)N(Cc1ccc2c(c1)OCO2)C1CCCC1. The minimum Gasteiger partial charge on any atom is -0.454 e. The monoisotopic (exact) mass is 426 g/mol. The topological polar surface area (TPSA) is 59.1 Å². The third-order valence-electron chi connectivity index (χ3n) is 6.37. The molecule has 1 saturated heterocycles. The molecule has 1 aromatic heterocycles. The van der Waals surface area contributed by atoms with E-state index in [1.54, 1.807) is 4.90 Å². The average molecular weight is 427 g/mol. The first-order valence-corrected chi connectivity index (χ1v) is 11.6. The molecule has 2 aliphatic heterocycles. The summed E-state index contributed by atoms with van der Waals surface area (Å²) in [7, 11) is 0. The summed E-state index contributed by atoms with van der Waals surface area (Å²) >= 11 is 1.44. The molecule has 3 aliphatic rings. The molecule has 5 rings (SSSR count). The summed E-state index contributed by atoms with van der Waals surface area (Å²) < 4.78 is 10.9. The molecule has 158 valence electrons. The molecule has 0 bridgehead atoms. The smallest absolute Gasteiger partial charge is 0.264 e. The van der Waals surface area contributed by atoms with Gasteiger partial charge in [-0.05, 0) is 54.8 Å². The zero-order chi connectivity index (χ0) is 20.5. The molecule has 2 aromatic rings. The number of rotatable bonds is 5. The van der Waals surface area contributed by atoms with Crippen LogP contribution in [0.25, 0.3) is 0 Å². The van der Waals surface area contributed by atoms with Crippen LogP contribution >= 0.6 is 11.3 Å². The van der Waals surface area contributed by atoms with Gasteiger partial charge in [-0.25, -0.2) is 0 Å². The Hall–Kier alpha value is -2.54. The Morgan fingerprint density at radius 3 is 2.70 bits per heavy atom. The Balaban J connectivity index is 1.38. The standard InChI is InChI=1S/C23H26N2O4S/c26-22(18-7-3-11-24(18)23(27)21-8-4-12-30-21)25(17-5-1-2-6-17)14-16-9-10-19-20(13-16)29-15-28-19/h4,8-10,12-13,17-18H,1-3,5-7,11,14-15H2/t18-/m1/s1. The van der Waals surface area contributed by atoms with Crippen LogP contribution in [0.5, 0.6) is 11.5 Å². The normalized spacial score (nSPS) is 20.7. The lowest BCUT2D eigenvalue weighted by atomic mass is 10.1. The van der Waals surface area contributed by atoms with Crippen molar-refractivity contribution in [2.24, 2.45) is 0 Å². The molecule has 7 heteroatoms. The molecular formula is C23H26N2O4S. The number of fused-ring (bicyclic) bond motifs is 1. The summed E-state index contributed by atoms with van der Waals surface area (Å²) in [5.41, 5.74) is 1.04. The Bertz CT molecular complexity index is 923. The van der Waals surface area contributed by atoms with Crippen LogP contribution in [0, 0.1) is 0 Å². The van der Waals surface area contributed by atoms with Crippen LogP contribution in [0.1, 0.15) is 53.8 Å². The fourth-order valence-electron chi connectivity index (χ4n) is 4.84. The van der Waals surface area contributed by atoms with E-state index < -0.39 is 0 Å². The van der Waals surface area contributed by atoms with E-state index in [0.717, 1.165) is 55.6 Å². The Labute approximate surface area is 180 Å². The molecule has 1 atom stereocenters. The molecule has 1 aliphatic carbocycles. The molecule has 2 amide bonds. The number of benzene rings is 1. The highest BCUT2D eigenvalue weighted by Gasteiger charge is 2.39. The number of carbonyl (C=O) groups is 2. The summed E-state index contributed by atoms with van der Waals surface area (Å²) in [6.07, 6.45) is 5.97. The fourth-order valence-corrected chi connectivity index (χ4v) is 5.52. The van der Waals surface area contributed by atoms with Crippen molar-refractivity contribution in [3.63, 3.8) is 0 Å². The van der Waals surface area contributed by atoms with Gasteiger partial charge in [-0.1, -0.05) is 25.0 Å². The van der Waals surface area contributed by atoms with Crippen LogP contribution in [0.15, 0.2) is 35.7 Å². The number of thiophene rings is 1. The van der Waals surface area contributed by atoms with Crippen LogP contribution in [0.3, 0.4) is 0 Å². The molecule has 30 heavy (non-hydrogen) atoms. The third-order valence-corrected chi connectivity index (χ3v) is 7.23. The van der Waals surface area contributed by atoms with Gasteiger partial charge in [0, 0.05) is 19.1 Å². The zero-order valence-electron chi connectivity index (χ0n) is 16.9. The molecule has 3 heterocycles. The van der Waals surface area contributed by atoms with E-state index in [4.69, 9.17) is 9.47 Å². The molecule has 0 N–H and O–H groups in total. The first-order chi connectivity index (χ1) is 14.7. The van der Waals surface area contributed by atoms with Crippen LogP contribution in [-0.4, -0.2) is 47.0 Å². The van der Waals surface area contributed by atoms with Crippen molar-refractivity contribution >= 4 is 23.2 Å².